The lowest BCUT2D eigenvalue weighted by Crippen LogP contribution is -2.40. The molecule has 1 aromatic carbocycles. The Hall–Kier alpha value is -1.07. The minimum atomic E-state index is -3.15. The Balaban J connectivity index is 2.11. The Kier molecular flexibility index (Phi) is 3.87. The molecule has 106 valence electrons. The summed E-state index contributed by atoms with van der Waals surface area (Å²) in [6, 6.07) is 7.30. The molecule has 19 heavy (non-hydrogen) atoms. The summed E-state index contributed by atoms with van der Waals surface area (Å²) in [7, 11) is -3.15. The van der Waals surface area contributed by atoms with Gasteiger partial charge in [0.1, 0.15) is 0 Å². The highest BCUT2D eigenvalue weighted by Crippen LogP contribution is 2.27. The van der Waals surface area contributed by atoms with E-state index in [9.17, 15) is 8.42 Å². The molecule has 1 aliphatic rings. The predicted molar refractivity (Wildman–Crippen MR) is 76.2 cm³/mol. The summed E-state index contributed by atoms with van der Waals surface area (Å²) in [4.78, 5) is 0.351. The largest absolute Gasteiger partial charge is 0.382 e. The van der Waals surface area contributed by atoms with Gasteiger partial charge < -0.3 is 10.1 Å². The highest BCUT2D eigenvalue weighted by Gasteiger charge is 2.28. The number of anilines is 1. The van der Waals surface area contributed by atoms with Crippen LogP contribution < -0.4 is 5.32 Å². The fraction of sp³-hybridized carbons (Fsp3) is 0.571. The molecule has 1 aromatic rings. The van der Waals surface area contributed by atoms with Gasteiger partial charge in [0.2, 0.25) is 0 Å². The second-order valence-corrected chi connectivity index (χ2v) is 7.76. The van der Waals surface area contributed by atoms with Crippen molar-refractivity contribution in [1.82, 2.24) is 0 Å². The van der Waals surface area contributed by atoms with Gasteiger partial charge >= 0.3 is 0 Å². The van der Waals surface area contributed by atoms with Gasteiger partial charge in [0, 0.05) is 24.6 Å². The second-order valence-electron chi connectivity index (χ2n) is 5.74. The van der Waals surface area contributed by atoms with E-state index in [1.807, 2.05) is 6.07 Å². The normalized spacial score (nSPS) is 23.0. The molecule has 1 heterocycles. The van der Waals surface area contributed by atoms with Gasteiger partial charge in [-0.1, -0.05) is 6.07 Å². The van der Waals surface area contributed by atoms with Crippen LogP contribution in [-0.2, 0) is 14.6 Å². The van der Waals surface area contributed by atoms with Crippen molar-refractivity contribution in [2.45, 2.75) is 43.2 Å². The van der Waals surface area contributed by atoms with E-state index in [4.69, 9.17) is 4.74 Å². The zero-order valence-corrected chi connectivity index (χ0v) is 12.5. The summed E-state index contributed by atoms with van der Waals surface area (Å²) in [5, 5.41) is 3.40. The van der Waals surface area contributed by atoms with Crippen LogP contribution in [0.25, 0.3) is 0 Å². The molecule has 1 fully saturated rings. The highest BCUT2D eigenvalue weighted by molar-refractivity contribution is 7.90. The number of nitrogens with one attached hydrogen (secondary N) is 1. The maximum atomic E-state index is 11.5. The molecule has 1 N–H and O–H groups in total. The molecule has 1 aliphatic heterocycles. The monoisotopic (exact) mass is 283 g/mol. The van der Waals surface area contributed by atoms with E-state index in [-0.39, 0.29) is 5.60 Å². The van der Waals surface area contributed by atoms with Crippen molar-refractivity contribution < 1.29 is 13.2 Å². The SMILES string of the molecule is CC1(C)CC(Nc2cccc(S(C)(=O)=O)c2)CCO1. The van der Waals surface area contributed by atoms with Crippen LogP contribution in [0.3, 0.4) is 0 Å². The van der Waals surface area contributed by atoms with E-state index >= 15 is 0 Å². The van der Waals surface area contributed by atoms with Crippen molar-refractivity contribution in [3.63, 3.8) is 0 Å². The van der Waals surface area contributed by atoms with Crippen molar-refractivity contribution in [2.75, 3.05) is 18.2 Å². The van der Waals surface area contributed by atoms with Crippen LogP contribution in [0.2, 0.25) is 0 Å². The lowest BCUT2D eigenvalue weighted by Gasteiger charge is -2.36. The molecule has 4 nitrogen and oxygen atoms in total. The van der Waals surface area contributed by atoms with Crippen LogP contribution in [0, 0.1) is 0 Å². The maximum Gasteiger partial charge on any atom is 0.175 e. The van der Waals surface area contributed by atoms with Crippen molar-refractivity contribution in [1.29, 1.82) is 0 Å². The van der Waals surface area contributed by atoms with Crippen molar-refractivity contribution in [3.05, 3.63) is 24.3 Å². The smallest absolute Gasteiger partial charge is 0.175 e. The summed E-state index contributed by atoms with van der Waals surface area (Å²) in [5.41, 5.74) is 0.732. The molecule has 1 unspecified atom stereocenters. The third kappa shape index (κ3) is 3.94. The molecule has 0 aromatic heterocycles. The fourth-order valence-corrected chi connectivity index (χ4v) is 3.07. The third-order valence-electron chi connectivity index (χ3n) is 3.33. The number of hydrogen-bond donors (Lipinski definition) is 1. The first-order valence-corrected chi connectivity index (χ1v) is 8.36. The number of hydrogen-bond acceptors (Lipinski definition) is 4. The summed E-state index contributed by atoms with van der Waals surface area (Å²) in [6.07, 6.45) is 3.08. The Morgan fingerprint density at radius 1 is 1.37 bits per heavy atom. The first kappa shape index (κ1) is 14.3. The van der Waals surface area contributed by atoms with Crippen molar-refractivity contribution in [2.24, 2.45) is 0 Å². The topological polar surface area (TPSA) is 55.4 Å². The average molecular weight is 283 g/mol. The van der Waals surface area contributed by atoms with Crippen LogP contribution in [-0.4, -0.2) is 32.9 Å². The van der Waals surface area contributed by atoms with Crippen LogP contribution >= 0.6 is 0 Å². The molecular weight excluding hydrogens is 262 g/mol. The zero-order chi connectivity index (χ0) is 14.1. The predicted octanol–water partition coefficient (Wildman–Crippen LogP) is 2.46. The highest BCUT2D eigenvalue weighted by atomic mass is 32.2. The molecule has 0 aliphatic carbocycles. The van der Waals surface area contributed by atoms with Gasteiger partial charge in [-0.15, -0.1) is 0 Å². The van der Waals surface area contributed by atoms with Gasteiger partial charge in [0.15, 0.2) is 9.84 Å². The fourth-order valence-electron chi connectivity index (χ4n) is 2.41. The Morgan fingerprint density at radius 2 is 2.11 bits per heavy atom. The first-order valence-electron chi connectivity index (χ1n) is 6.47. The van der Waals surface area contributed by atoms with Crippen molar-refractivity contribution >= 4 is 15.5 Å². The summed E-state index contributed by atoms with van der Waals surface area (Å²) < 4.78 is 28.7. The van der Waals surface area contributed by atoms with Gasteiger partial charge in [0.25, 0.3) is 0 Å². The number of benzene rings is 1. The minimum Gasteiger partial charge on any atom is -0.382 e. The summed E-state index contributed by atoms with van der Waals surface area (Å²) in [6.45, 7) is 4.89. The Morgan fingerprint density at radius 3 is 2.74 bits per heavy atom. The van der Waals surface area contributed by atoms with Gasteiger partial charge in [-0.25, -0.2) is 8.42 Å². The number of ether oxygens (including phenoxy) is 1. The number of rotatable bonds is 3. The van der Waals surface area contributed by atoms with Gasteiger partial charge in [-0.2, -0.15) is 0 Å². The molecular formula is C14H21NO3S. The molecule has 1 atom stereocenters. The van der Waals surface area contributed by atoms with E-state index in [1.54, 1.807) is 18.2 Å². The molecule has 0 radical (unpaired) electrons. The summed E-state index contributed by atoms with van der Waals surface area (Å²) >= 11 is 0. The van der Waals surface area contributed by atoms with Crippen LogP contribution in [0.1, 0.15) is 26.7 Å². The molecule has 1 saturated heterocycles. The van der Waals surface area contributed by atoms with Gasteiger partial charge in [-0.3, -0.25) is 0 Å². The quantitative estimate of drug-likeness (QED) is 0.926. The minimum absolute atomic E-state index is 0.121. The van der Waals surface area contributed by atoms with Crippen LogP contribution in [0.15, 0.2) is 29.2 Å². The van der Waals surface area contributed by atoms with Crippen molar-refractivity contribution in [3.8, 4) is 0 Å². The van der Waals surface area contributed by atoms with Gasteiger partial charge in [0.05, 0.1) is 10.5 Å². The van der Waals surface area contributed by atoms with E-state index in [1.165, 1.54) is 6.26 Å². The molecule has 0 amide bonds. The molecule has 0 spiro atoms. The Labute approximate surface area is 115 Å². The average Bonchev–Trinajstić information content (AvgIpc) is 2.26. The van der Waals surface area contributed by atoms with E-state index in [0.717, 1.165) is 25.1 Å². The molecule has 5 heteroatoms. The lowest BCUT2D eigenvalue weighted by molar-refractivity contribution is -0.0553. The van der Waals surface area contributed by atoms with Crippen LogP contribution in [0.4, 0.5) is 5.69 Å². The second kappa shape index (κ2) is 5.13. The standard InChI is InChI=1S/C14H21NO3S/c1-14(2)10-12(7-8-18-14)15-11-5-4-6-13(9-11)19(3,16)17/h4-6,9,12,15H,7-8,10H2,1-3H3. The molecule has 0 bridgehead atoms. The van der Waals surface area contributed by atoms with Crippen LogP contribution in [0.5, 0.6) is 0 Å². The van der Waals surface area contributed by atoms with E-state index in [2.05, 4.69) is 19.2 Å². The maximum absolute atomic E-state index is 11.5. The zero-order valence-electron chi connectivity index (χ0n) is 11.6. The molecule has 0 saturated carbocycles. The third-order valence-corrected chi connectivity index (χ3v) is 4.44. The summed E-state index contributed by atoms with van der Waals surface area (Å²) in [5.74, 6) is 0. The molecule has 2 rings (SSSR count). The lowest BCUT2D eigenvalue weighted by atomic mass is 9.94. The Bertz CT molecular complexity index is 552. The van der Waals surface area contributed by atoms with Gasteiger partial charge in [-0.05, 0) is 44.9 Å². The van der Waals surface area contributed by atoms with E-state index < -0.39 is 9.84 Å². The number of sulfone groups is 1. The van der Waals surface area contributed by atoms with E-state index in [0.29, 0.717) is 10.9 Å². The first-order chi connectivity index (χ1) is 8.76.